The van der Waals surface area contributed by atoms with Gasteiger partial charge in [0.1, 0.15) is 12.7 Å². The number of hydrogen-bond donors (Lipinski definition) is 0. The highest BCUT2D eigenvalue weighted by Gasteiger charge is 2.48. The lowest BCUT2D eigenvalue weighted by Gasteiger charge is -2.23. The fourth-order valence-corrected chi connectivity index (χ4v) is 3.32. The quantitative estimate of drug-likeness (QED) is 0.503. The first-order valence-electron chi connectivity index (χ1n) is 8.61. The van der Waals surface area contributed by atoms with E-state index in [1.807, 2.05) is 36.4 Å². The van der Waals surface area contributed by atoms with Crippen molar-refractivity contribution in [2.24, 2.45) is 5.41 Å². The molecule has 0 spiro atoms. The SMILES string of the molecule is C=CCC[C@@]1(CCC)C[C@@H](CC(=O)OCc2ccccc2)OC1=O. The Hall–Kier alpha value is -2.10. The summed E-state index contributed by atoms with van der Waals surface area (Å²) in [4.78, 5) is 24.4. The topological polar surface area (TPSA) is 52.6 Å². The third-order valence-corrected chi connectivity index (χ3v) is 4.52. The molecule has 130 valence electrons. The van der Waals surface area contributed by atoms with Crippen LogP contribution in [0.3, 0.4) is 0 Å². The zero-order valence-electron chi connectivity index (χ0n) is 14.3. The van der Waals surface area contributed by atoms with Gasteiger partial charge in [-0.15, -0.1) is 6.58 Å². The number of hydrogen-bond acceptors (Lipinski definition) is 4. The first kappa shape index (κ1) is 18.2. The van der Waals surface area contributed by atoms with Crippen molar-refractivity contribution in [3.05, 3.63) is 48.6 Å². The molecule has 0 unspecified atom stereocenters. The van der Waals surface area contributed by atoms with Crippen molar-refractivity contribution in [1.82, 2.24) is 0 Å². The molecule has 1 heterocycles. The molecule has 1 aromatic carbocycles. The Kier molecular flexibility index (Phi) is 6.59. The Labute approximate surface area is 143 Å². The first-order chi connectivity index (χ1) is 11.6. The van der Waals surface area contributed by atoms with Crippen LogP contribution in [0.2, 0.25) is 0 Å². The van der Waals surface area contributed by atoms with Crippen LogP contribution in [0.4, 0.5) is 0 Å². The smallest absolute Gasteiger partial charge is 0.312 e. The number of carbonyl (C=O) groups is 2. The Morgan fingerprint density at radius 3 is 2.79 bits per heavy atom. The van der Waals surface area contributed by atoms with Crippen molar-refractivity contribution in [2.45, 2.75) is 58.2 Å². The van der Waals surface area contributed by atoms with E-state index in [-0.39, 0.29) is 31.1 Å². The summed E-state index contributed by atoms with van der Waals surface area (Å²) in [6, 6.07) is 9.54. The molecule has 4 heteroatoms. The lowest BCUT2D eigenvalue weighted by Crippen LogP contribution is -2.26. The number of cyclic esters (lactones) is 1. The number of ether oxygens (including phenoxy) is 2. The van der Waals surface area contributed by atoms with Crippen molar-refractivity contribution >= 4 is 11.9 Å². The van der Waals surface area contributed by atoms with Crippen LogP contribution in [0.15, 0.2) is 43.0 Å². The molecule has 0 saturated carbocycles. The van der Waals surface area contributed by atoms with Gasteiger partial charge in [0.15, 0.2) is 0 Å². The van der Waals surface area contributed by atoms with E-state index in [2.05, 4.69) is 13.5 Å². The summed E-state index contributed by atoms with van der Waals surface area (Å²) in [5.41, 5.74) is 0.480. The predicted molar refractivity (Wildman–Crippen MR) is 92.1 cm³/mol. The number of allylic oxidation sites excluding steroid dienone is 1. The molecule has 1 aromatic rings. The van der Waals surface area contributed by atoms with E-state index in [0.717, 1.165) is 31.2 Å². The van der Waals surface area contributed by atoms with Gasteiger partial charge < -0.3 is 9.47 Å². The molecule has 2 rings (SSSR count). The van der Waals surface area contributed by atoms with Gasteiger partial charge in [0, 0.05) is 6.42 Å². The summed E-state index contributed by atoms with van der Waals surface area (Å²) in [7, 11) is 0. The maximum atomic E-state index is 12.4. The Morgan fingerprint density at radius 2 is 2.12 bits per heavy atom. The van der Waals surface area contributed by atoms with Gasteiger partial charge in [0.2, 0.25) is 0 Å². The van der Waals surface area contributed by atoms with Gasteiger partial charge in [-0.25, -0.2) is 0 Å². The summed E-state index contributed by atoms with van der Waals surface area (Å²) in [6.45, 7) is 6.04. The van der Waals surface area contributed by atoms with Crippen LogP contribution in [0.25, 0.3) is 0 Å². The minimum Gasteiger partial charge on any atom is -0.461 e. The second kappa shape index (κ2) is 8.67. The predicted octanol–water partition coefficient (Wildman–Crippen LogP) is 4.19. The second-order valence-electron chi connectivity index (χ2n) is 6.44. The first-order valence-corrected chi connectivity index (χ1v) is 8.61. The normalized spacial score (nSPS) is 22.9. The van der Waals surface area contributed by atoms with Crippen LogP contribution in [0.5, 0.6) is 0 Å². The summed E-state index contributed by atoms with van der Waals surface area (Å²) in [5.74, 6) is -0.500. The van der Waals surface area contributed by atoms with Crippen LogP contribution < -0.4 is 0 Å². The van der Waals surface area contributed by atoms with Crippen molar-refractivity contribution in [3.63, 3.8) is 0 Å². The number of carbonyl (C=O) groups excluding carboxylic acids is 2. The molecule has 0 aromatic heterocycles. The molecule has 2 atom stereocenters. The van der Waals surface area contributed by atoms with Gasteiger partial charge in [-0.2, -0.15) is 0 Å². The van der Waals surface area contributed by atoms with Crippen LogP contribution in [-0.4, -0.2) is 18.0 Å². The number of benzene rings is 1. The monoisotopic (exact) mass is 330 g/mol. The molecular formula is C20H26O4. The lowest BCUT2D eigenvalue weighted by molar-refractivity contribution is -0.153. The summed E-state index contributed by atoms with van der Waals surface area (Å²) in [5, 5.41) is 0. The lowest BCUT2D eigenvalue weighted by atomic mass is 9.76. The van der Waals surface area contributed by atoms with E-state index < -0.39 is 5.41 Å². The van der Waals surface area contributed by atoms with E-state index in [1.54, 1.807) is 0 Å². The van der Waals surface area contributed by atoms with Gasteiger partial charge in [0.05, 0.1) is 11.8 Å². The minimum atomic E-state index is -0.465. The molecule has 1 fully saturated rings. The third kappa shape index (κ3) is 4.70. The maximum absolute atomic E-state index is 12.4. The molecule has 0 bridgehead atoms. The van der Waals surface area contributed by atoms with Gasteiger partial charge in [-0.3, -0.25) is 9.59 Å². The summed E-state index contributed by atoms with van der Waals surface area (Å²) in [6.07, 6.45) is 5.38. The van der Waals surface area contributed by atoms with Gasteiger partial charge in [-0.05, 0) is 24.8 Å². The summed E-state index contributed by atoms with van der Waals surface area (Å²) < 4.78 is 10.8. The van der Waals surface area contributed by atoms with E-state index in [1.165, 1.54) is 0 Å². The van der Waals surface area contributed by atoms with E-state index in [0.29, 0.717) is 6.42 Å². The number of esters is 2. The highest BCUT2D eigenvalue weighted by atomic mass is 16.6. The number of rotatable bonds is 9. The van der Waals surface area contributed by atoms with Gasteiger partial charge in [-0.1, -0.05) is 49.8 Å². The molecule has 1 aliphatic rings. The standard InChI is InChI=1S/C20H26O4/c1-3-5-12-20(11-4-2)14-17(24-19(20)22)13-18(21)23-15-16-9-7-6-8-10-16/h3,6-10,17H,1,4-5,11-15H2,2H3/t17-,20+/m1/s1. The van der Waals surface area contributed by atoms with Gasteiger partial charge in [0.25, 0.3) is 0 Å². The molecule has 24 heavy (non-hydrogen) atoms. The van der Waals surface area contributed by atoms with Crippen molar-refractivity contribution in [1.29, 1.82) is 0 Å². The van der Waals surface area contributed by atoms with E-state index >= 15 is 0 Å². The van der Waals surface area contributed by atoms with Crippen molar-refractivity contribution in [2.75, 3.05) is 0 Å². The second-order valence-corrected chi connectivity index (χ2v) is 6.44. The Morgan fingerprint density at radius 1 is 1.38 bits per heavy atom. The Balaban J connectivity index is 1.87. The van der Waals surface area contributed by atoms with Crippen LogP contribution in [0, 0.1) is 5.41 Å². The molecule has 0 amide bonds. The summed E-state index contributed by atoms with van der Waals surface area (Å²) >= 11 is 0. The molecular weight excluding hydrogens is 304 g/mol. The van der Waals surface area contributed by atoms with Crippen LogP contribution in [-0.2, 0) is 25.7 Å². The van der Waals surface area contributed by atoms with E-state index in [4.69, 9.17) is 9.47 Å². The Bertz CT molecular complexity index is 566. The zero-order valence-corrected chi connectivity index (χ0v) is 14.3. The van der Waals surface area contributed by atoms with Gasteiger partial charge >= 0.3 is 11.9 Å². The molecule has 0 radical (unpaired) electrons. The minimum absolute atomic E-state index is 0.123. The average molecular weight is 330 g/mol. The van der Waals surface area contributed by atoms with Crippen LogP contribution >= 0.6 is 0 Å². The third-order valence-electron chi connectivity index (χ3n) is 4.52. The maximum Gasteiger partial charge on any atom is 0.312 e. The van der Waals surface area contributed by atoms with Crippen LogP contribution in [0.1, 0.15) is 51.0 Å². The zero-order chi connectivity index (χ0) is 17.4. The average Bonchev–Trinajstić information content (AvgIpc) is 2.88. The highest BCUT2D eigenvalue weighted by Crippen LogP contribution is 2.43. The molecule has 1 saturated heterocycles. The van der Waals surface area contributed by atoms with E-state index in [9.17, 15) is 9.59 Å². The van der Waals surface area contributed by atoms with Crippen molar-refractivity contribution < 1.29 is 19.1 Å². The molecule has 0 aliphatic carbocycles. The fourth-order valence-electron chi connectivity index (χ4n) is 3.32. The molecule has 4 nitrogen and oxygen atoms in total. The van der Waals surface area contributed by atoms with Crippen molar-refractivity contribution in [3.8, 4) is 0 Å². The fraction of sp³-hybridized carbons (Fsp3) is 0.500. The molecule has 0 N–H and O–H groups in total. The molecule has 1 aliphatic heterocycles. The largest absolute Gasteiger partial charge is 0.461 e. The highest BCUT2D eigenvalue weighted by molar-refractivity contribution is 5.80.